The molecule has 12 heavy (non-hydrogen) atoms. The summed E-state index contributed by atoms with van der Waals surface area (Å²) in [6, 6.07) is 0. The lowest BCUT2D eigenvalue weighted by Crippen LogP contribution is -1.97. The average Bonchev–Trinajstić information content (AvgIpc) is 2.32. The second kappa shape index (κ2) is 3.36. The highest BCUT2D eigenvalue weighted by molar-refractivity contribution is 7.17. The van der Waals surface area contributed by atoms with Crippen LogP contribution in [0.15, 0.2) is 12.7 Å². The number of carbonyl (C=O) groups is 1. The van der Waals surface area contributed by atoms with Crippen LogP contribution in [-0.2, 0) is 6.42 Å². The Hall–Kier alpha value is -1.36. The Balaban J connectivity index is 3.07. The Morgan fingerprint density at radius 2 is 2.50 bits per heavy atom. The van der Waals surface area contributed by atoms with E-state index in [0.29, 0.717) is 12.1 Å². The van der Waals surface area contributed by atoms with Crippen molar-refractivity contribution in [1.82, 2.24) is 4.98 Å². The smallest absolute Gasteiger partial charge is 0.347 e. The van der Waals surface area contributed by atoms with Gasteiger partial charge in [-0.05, 0) is 0 Å². The first-order valence-electron chi connectivity index (χ1n) is 3.24. The topological polar surface area (TPSA) is 76.2 Å². The van der Waals surface area contributed by atoms with Crippen molar-refractivity contribution >= 4 is 22.4 Å². The molecule has 0 spiro atoms. The van der Waals surface area contributed by atoms with E-state index >= 15 is 0 Å². The molecule has 0 saturated heterocycles. The fourth-order valence-electron chi connectivity index (χ4n) is 0.812. The van der Waals surface area contributed by atoms with E-state index in [4.69, 9.17) is 10.8 Å². The predicted octanol–water partition coefficient (Wildman–Crippen LogP) is 1.15. The summed E-state index contributed by atoms with van der Waals surface area (Å²) in [7, 11) is 0. The van der Waals surface area contributed by atoms with Crippen LogP contribution in [0.1, 0.15) is 15.4 Å². The van der Waals surface area contributed by atoms with E-state index < -0.39 is 5.97 Å². The summed E-state index contributed by atoms with van der Waals surface area (Å²) < 4.78 is 0. The minimum Gasteiger partial charge on any atom is -0.477 e. The second-order valence-corrected chi connectivity index (χ2v) is 3.16. The van der Waals surface area contributed by atoms with Crippen molar-refractivity contribution in [2.24, 2.45) is 0 Å². The van der Waals surface area contributed by atoms with Crippen molar-refractivity contribution in [2.45, 2.75) is 6.42 Å². The quantitative estimate of drug-likeness (QED) is 0.691. The van der Waals surface area contributed by atoms with Gasteiger partial charge in [-0.2, -0.15) is 0 Å². The van der Waals surface area contributed by atoms with Crippen LogP contribution in [0.3, 0.4) is 0 Å². The van der Waals surface area contributed by atoms with Crippen molar-refractivity contribution in [3.8, 4) is 0 Å². The van der Waals surface area contributed by atoms with Crippen molar-refractivity contribution in [1.29, 1.82) is 0 Å². The van der Waals surface area contributed by atoms with E-state index in [-0.39, 0.29) is 10.0 Å². The van der Waals surface area contributed by atoms with Gasteiger partial charge < -0.3 is 10.8 Å². The van der Waals surface area contributed by atoms with Gasteiger partial charge in [0.05, 0.1) is 5.69 Å². The molecule has 1 heterocycles. The number of allylic oxidation sites excluding steroid dienone is 1. The number of rotatable bonds is 3. The number of anilines is 1. The molecule has 4 nitrogen and oxygen atoms in total. The summed E-state index contributed by atoms with van der Waals surface area (Å²) in [4.78, 5) is 14.7. The van der Waals surface area contributed by atoms with Crippen LogP contribution < -0.4 is 5.73 Å². The molecule has 0 radical (unpaired) electrons. The SMILES string of the molecule is C=CCc1nc(N)sc1C(=O)O. The van der Waals surface area contributed by atoms with Gasteiger partial charge >= 0.3 is 5.97 Å². The summed E-state index contributed by atoms with van der Waals surface area (Å²) in [5, 5.41) is 8.97. The molecule has 0 fully saturated rings. The Kier molecular flexibility index (Phi) is 2.44. The number of aromatic nitrogens is 1. The largest absolute Gasteiger partial charge is 0.477 e. The van der Waals surface area contributed by atoms with E-state index in [0.717, 1.165) is 11.3 Å². The molecule has 0 bridgehead atoms. The number of carboxylic acids is 1. The van der Waals surface area contributed by atoms with Crippen molar-refractivity contribution in [2.75, 3.05) is 5.73 Å². The molecule has 0 aliphatic rings. The normalized spacial score (nSPS) is 9.67. The van der Waals surface area contributed by atoms with Crippen LogP contribution in [0.4, 0.5) is 5.13 Å². The first-order valence-corrected chi connectivity index (χ1v) is 4.06. The summed E-state index contributed by atoms with van der Waals surface area (Å²) >= 11 is 0.982. The molecular formula is C7H8N2O2S. The third-order valence-corrected chi connectivity index (χ3v) is 2.16. The zero-order valence-corrected chi connectivity index (χ0v) is 7.10. The van der Waals surface area contributed by atoms with Gasteiger partial charge in [0, 0.05) is 6.42 Å². The molecule has 0 aliphatic heterocycles. The standard InChI is InChI=1S/C7H8N2O2S/c1-2-3-4-5(6(10)11)12-7(8)9-4/h2H,1,3H2,(H2,8,9)(H,10,11). The number of carboxylic acid groups (broad SMARTS) is 1. The van der Waals surface area contributed by atoms with E-state index in [1.54, 1.807) is 6.08 Å². The lowest BCUT2D eigenvalue weighted by atomic mass is 10.3. The fourth-order valence-corrected chi connectivity index (χ4v) is 1.51. The molecule has 0 unspecified atom stereocenters. The Morgan fingerprint density at radius 1 is 1.83 bits per heavy atom. The number of hydrogen-bond donors (Lipinski definition) is 2. The monoisotopic (exact) mass is 184 g/mol. The number of aromatic carboxylic acids is 1. The van der Waals surface area contributed by atoms with E-state index in [2.05, 4.69) is 11.6 Å². The van der Waals surface area contributed by atoms with Gasteiger partial charge in [-0.1, -0.05) is 17.4 Å². The maximum atomic E-state index is 10.6. The molecule has 64 valence electrons. The number of nitrogens with zero attached hydrogens (tertiary/aromatic N) is 1. The average molecular weight is 184 g/mol. The maximum Gasteiger partial charge on any atom is 0.347 e. The minimum absolute atomic E-state index is 0.201. The van der Waals surface area contributed by atoms with Gasteiger partial charge in [-0.3, -0.25) is 0 Å². The third kappa shape index (κ3) is 1.62. The van der Waals surface area contributed by atoms with Crippen LogP contribution >= 0.6 is 11.3 Å². The summed E-state index contributed by atoms with van der Waals surface area (Å²) in [5.41, 5.74) is 5.84. The molecule has 0 saturated carbocycles. The van der Waals surface area contributed by atoms with E-state index in [1.165, 1.54) is 0 Å². The maximum absolute atomic E-state index is 10.6. The van der Waals surface area contributed by atoms with Crippen LogP contribution in [0.5, 0.6) is 0 Å². The first-order chi connectivity index (χ1) is 5.65. The Bertz CT molecular complexity index is 319. The van der Waals surface area contributed by atoms with Gasteiger partial charge in [0.2, 0.25) is 0 Å². The van der Waals surface area contributed by atoms with Crippen LogP contribution in [-0.4, -0.2) is 16.1 Å². The molecule has 3 N–H and O–H groups in total. The molecule has 5 heteroatoms. The van der Waals surface area contributed by atoms with Crippen molar-refractivity contribution < 1.29 is 9.90 Å². The molecule has 0 aliphatic carbocycles. The molecule has 0 amide bonds. The lowest BCUT2D eigenvalue weighted by Gasteiger charge is -1.90. The Morgan fingerprint density at radius 3 is 3.00 bits per heavy atom. The highest BCUT2D eigenvalue weighted by Gasteiger charge is 2.14. The van der Waals surface area contributed by atoms with Crippen LogP contribution in [0.2, 0.25) is 0 Å². The minimum atomic E-state index is -0.985. The van der Waals surface area contributed by atoms with E-state index in [9.17, 15) is 4.79 Å². The molecule has 0 aromatic carbocycles. The second-order valence-electron chi connectivity index (χ2n) is 2.13. The number of thiazole rings is 1. The molecule has 1 aromatic rings. The zero-order valence-electron chi connectivity index (χ0n) is 6.28. The number of nitrogens with two attached hydrogens (primary N) is 1. The van der Waals surface area contributed by atoms with Crippen LogP contribution in [0, 0.1) is 0 Å². The predicted molar refractivity (Wildman–Crippen MR) is 47.4 cm³/mol. The molecule has 1 aromatic heterocycles. The summed E-state index contributed by atoms with van der Waals surface area (Å²) in [5.74, 6) is -0.985. The van der Waals surface area contributed by atoms with Crippen LogP contribution in [0.25, 0.3) is 0 Å². The van der Waals surface area contributed by atoms with Crippen molar-refractivity contribution in [3.05, 3.63) is 23.2 Å². The lowest BCUT2D eigenvalue weighted by molar-refractivity contribution is 0.0701. The fraction of sp³-hybridized carbons (Fsp3) is 0.143. The number of hydrogen-bond acceptors (Lipinski definition) is 4. The first kappa shape index (κ1) is 8.73. The van der Waals surface area contributed by atoms with Gasteiger partial charge in [-0.25, -0.2) is 9.78 Å². The van der Waals surface area contributed by atoms with Crippen molar-refractivity contribution in [3.63, 3.8) is 0 Å². The molecule has 0 atom stereocenters. The molecule has 1 rings (SSSR count). The Labute approximate surface area is 73.4 Å². The van der Waals surface area contributed by atoms with Gasteiger partial charge in [-0.15, -0.1) is 6.58 Å². The summed E-state index contributed by atoms with van der Waals surface area (Å²) in [6.07, 6.45) is 2.04. The summed E-state index contributed by atoms with van der Waals surface area (Å²) in [6.45, 7) is 3.50. The highest BCUT2D eigenvalue weighted by atomic mass is 32.1. The van der Waals surface area contributed by atoms with Gasteiger partial charge in [0.25, 0.3) is 0 Å². The van der Waals surface area contributed by atoms with E-state index in [1.807, 2.05) is 0 Å². The number of nitrogen functional groups attached to an aromatic ring is 1. The van der Waals surface area contributed by atoms with Gasteiger partial charge in [0.15, 0.2) is 5.13 Å². The third-order valence-electron chi connectivity index (χ3n) is 1.25. The van der Waals surface area contributed by atoms with Gasteiger partial charge in [0.1, 0.15) is 4.88 Å². The zero-order chi connectivity index (χ0) is 9.14. The molecular weight excluding hydrogens is 176 g/mol. The highest BCUT2D eigenvalue weighted by Crippen LogP contribution is 2.20.